The van der Waals surface area contributed by atoms with Gasteiger partial charge in [-0.05, 0) is 56.9 Å². The van der Waals surface area contributed by atoms with Crippen molar-refractivity contribution in [2.24, 2.45) is 23.5 Å². The standard InChI is InChI=1S/C14H28N2/c1-10-6-11(2)8-13(7-10)16(3)14(9-15)12-4-5-12/h10-14H,4-9,15H2,1-3H3. The van der Waals surface area contributed by atoms with Crippen LogP contribution in [0.1, 0.15) is 46.0 Å². The summed E-state index contributed by atoms with van der Waals surface area (Å²) in [6.45, 7) is 5.66. The van der Waals surface area contributed by atoms with E-state index >= 15 is 0 Å². The second-order valence-electron chi connectivity index (χ2n) is 6.38. The van der Waals surface area contributed by atoms with Crippen molar-refractivity contribution in [3.63, 3.8) is 0 Å². The lowest BCUT2D eigenvalue weighted by atomic mass is 9.79. The van der Waals surface area contributed by atoms with Gasteiger partial charge in [0.05, 0.1) is 0 Å². The van der Waals surface area contributed by atoms with Crippen LogP contribution in [-0.4, -0.2) is 30.6 Å². The summed E-state index contributed by atoms with van der Waals surface area (Å²) in [6.07, 6.45) is 6.99. The van der Waals surface area contributed by atoms with E-state index in [-0.39, 0.29) is 0 Å². The van der Waals surface area contributed by atoms with Crippen molar-refractivity contribution < 1.29 is 0 Å². The summed E-state index contributed by atoms with van der Waals surface area (Å²) in [5.41, 5.74) is 5.95. The fourth-order valence-corrected chi connectivity index (χ4v) is 3.68. The normalized spacial score (nSPS) is 37.7. The quantitative estimate of drug-likeness (QED) is 0.795. The van der Waals surface area contributed by atoms with Crippen LogP contribution in [-0.2, 0) is 0 Å². The molecule has 0 aromatic carbocycles. The van der Waals surface area contributed by atoms with E-state index in [1.165, 1.54) is 32.1 Å². The molecule has 2 saturated carbocycles. The molecule has 0 amide bonds. The van der Waals surface area contributed by atoms with E-state index < -0.39 is 0 Å². The van der Waals surface area contributed by atoms with E-state index in [0.29, 0.717) is 6.04 Å². The first kappa shape index (κ1) is 12.4. The predicted octanol–water partition coefficient (Wildman–Crippen LogP) is 2.48. The van der Waals surface area contributed by atoms with Crippen molar-refractivity contribution in [3.8, 4) is 0 Å². The fraction of sp³-hybridized carbons (Fsp3) is 1.00. The molecular formula is C14H28N2. The molecule has 2 aliphatic rings. The molecule has 0 bridgehead atoms. The van der Waals surface area contributed by atoms with Crippen molar-refractivity contribution in [1.82, 2.24) is 4.90 Å². The molecular weight excluding hydrogens is 196 g/mol. The number of rotatable bonds is 4. The topological polar surface area (TPSA) is 29.3 Å². The zero-order chi connectivity index (χ0) is 11.7. The van der Waals surface area contributed by atoms with Gasteiger partial charge in [0.1, 0.15) is 0 Å². The SMILES string of the molecule is CC1CC(C)CC(N(C)C(CN)C2CC2)C1. The second kappa shape index (κ2) is 5.05. The van der Waals surface area contributed by atoms with Crippen molar-refractivity contribution >= 4 is 0 Å². The average molecular weight is 224 g/mol. The Morgan fingerprint density at radius 3 is 2.12 bits per heavy atom. The third-order valence-electron chi connectivity index (χ3n) is 4.66. The van der Waals surface area contributed by atoms with E-state index in [9.17, 15) is 0 Å². The van der Waals surface area contributed by atoms with Crippen molar-refractivity contribution in [1.29, 1.82) is 0 Å². The maximum Gasteiger partial charge on any atom is 0.0246 e. The Hall–Kier alpha value is -0.0800. The highest BCUT2D eigenvalue weighted by Crippen LogP contribution is 2.38. The second-order valence-corrected chi connectivity index (χ2v) is 6.38. The first-order chi connectivity index (χ1) is 7.61. The van der Waals surface area contributed by atoms with Crippen molar-refractivity contribution in [3.05, 3.63) is 0 Å². The Morgan fingerprint density at radius 1 is 1.12 bits per heavy atom. The van der Waals surface area contributed by atoms with Gasteiger partial charge in [-0.3, -0.25) is 4.90 Å². The summed E-state index contributed by atoms with van der Waals surface area (Å²) in [7, 11) is 2.31. The van der Waals surface area contributed by atoms with Crippen molar-refractivity contribution in [2.45, 2.75) is 58.0 Å². The lowest BCUT2D eigenvalue weighted by Crippen LogP contribution is -2.48. The van der Waals surface area contributed by atoms with Gasteiger partial charge in [-0.1, -0.05) is 13.8 Å². The maximum atomic E-state index is 5.95. The molecule has 16 heavy (non-hydrogen) atoms. The molecule has 3 unspecified atom stereocenters. The summed E-state index contributed by atoms with van der Waals surface area (Å²) < 4.78 is 0. The van der Waals surface area contributed by atoms with Crippen LogP contribution < -0.4 is 5.73 Å². The molecule has 0 heterocycles. The first-order valence-electron chi connectivity index (χ1n) is 7.03. The highest BCUT2D eigenvalue weighted by molar-refractivity contribution is 4.92. The van der Waals surface area contributed by atoms with Crippen LogP contribution in [0.3, 0.4) is 0 Å². The van der Waals surface area contributed by atoms with E-state index in [1.54, 1.807) is 0 Å². The van der Waals surface area contributed by atoms with Gasteiger partial charge >= 0.3 is 0 Å². The van der Waals surface area contributed by atoms with Crippen LogP contribution in [0.25, 0.3) is 0 Å². The Bertz CT molecular complexity index is 215. The molecule has 0 aliphatic heterocycles. The van der Waals surface area contributed by atoms with E-state index in [2.05, 4.69) is 25.8 Å². The smallest absolute Gasteiger partial charge is 0.0246 e. The Labute approximate surface area is 101 Å². The van der Waals surface area contributed by atoms with Gasteiger partial charge in [-0.25, -0.2) is 0 Å². The highest BCUT2D eigenvalue weighted by Gasteiger charge is 2.37. The van der Waals surface area contributed by atoms with Gasteiger partial charge in [-0.15, -0.1) is 0 Å². The average Bonchev–Trinajstić information content (AvgIpc) is 3.01. The Kier molecular flexibility index (Phi) is 3.91. The van der Waals surface area contributed by atoms with Crippen LogP contribution in [0, 0.1) is 17.8 Å². The number of likely N-dealkylation sites (N-methyl/N-ethyl adjacent to an activating group) is 1. The fourth-order valence-electron chi connectivity index (χ4n) is 3.68. The molecule has 0 spiro atoms. The van der Waals surface area contributed by atoms with Crippen LogP contribution >= 0.6 is 0 Å². The van der Waals surface area contributed by atoms with Crippen LogP contribution in [0.5, 0.6) is 0 Å². The van der Waals surface area contributed by atoms with E-state index in [0.717, 1.165) is 30.3 Å². The molecule has 3 atom stereocenters. The number of nitrogens with zero attached hydrogens (tertiary/aromatic N) is 1. The molecule has 0 radical (unpaired) electrons. The van der Waals surface area contributed by atoms with Crippen LogP contribution in [0.4, 0.5) is 0 Å². The monoisotopic (exact) mass is 224 g/mol. The minimum atomic E-state index is 0.655. The number of nitrogens with two attached hydrogens (primary N) is 1. The minimum absolute atomic E-state index is 0.655. The lowest BCUT2D eigenvalue weighted by Gasteiger charge is -2.41. The van der Waals surface area contributed by atoms with Crippen molar-refractivity contribution in [2.75, 3.05) is 13.6 Å². The van der Waals surface area contributed by atoms with E-state index in [1.807, 2.05) is 0 Å². The molecule has 0 aromatic rings. The molecule has 2 N–H and O–H groups in total. The van der Waals surface area contributed by atoms with E-state index in [4.69, 9.17) is 5.73 Å². The van der Waals surface area contributed by atoms with Gasteiger partial charge in [0.15, 0.2) is 0 Å². The van der Waals surface area contributed by atoms with Crippen LogP contribution in [0.15, 0.2) is 0 Å². The maximum absolute atomic E-state index is 5.95. The number of hydrogen-bond acceptors (Lipinski definition) is 2. The summed E-state index contributed by atoms with van der Waals surface area (Å²) in [4.78, 5) is 2.61. The first-order valence-corrected chi connectivity index (χ1v) is 7.03. The van der Waals surface area contributed by atoms with Gasteiger partial charge in [0.25, 0.3) is 0 Å². The summed E-state index contributed by atoms with van der Waals surface area (Å²) in [6, 6.07) is 1.44. The highest BCUT2D eigenvalue weighted by atomic mass is 15.2. The van der Waals surface area contributed by atoms with Gasteiger partial charge in [0.2, 0.25) is 0 Å². The molecule has 2 aliphatic carbocycles. The molecule has 2 rings (SSSR count). The summed E-state index contributed by atoms with van der Waals surface area (Å²) in [5, 5.41) is 0. The zero-order valence-electron chi connectivity index (χ0n) is 11.2. The van der Waals surface area contributed by atoms with Gasteiger partial charge < -0.3 is 5.73 Å². The molecule has 0 saturated heterocycles. The predicted molar refractivity (Wildman–Crippen MR) is 69.3 cm³/mol. The summed E-state index contributed by atoms with van der Waals surface area (Å²) in [5.74, 6) is 2.70. The van der Waals surface area contributed by atoms with Crippen LogP contribution in [0.2, 0.25) is 0 Å². The van der Waals surface area contributed by atoms with Gasteiger partial charge in [-0.2, -0.15) is 0 Å². The molecule has 2 heteroatoms. The Balaban J connectivity index is 1.93. The molecule has 94 valence electrons. The zero-order valence-corrected chi connectivity index (χ0v) is 11.2. The third-order valence-corrected chi connectivity index (χ3v) is 4.66. The number of hydrogen-bond donors (Lipinski definition) is 1. The molecule has 2 fully saturated rings. The Morgan fingerprint density at radius 2 is 1.69 bits per heavy atom. The summed E-state index contributed by atoms with van der Waals surface area (Å²) >= 11 is 0. The van der Waals surface area contributed by atoms with Gasteiger partial charge in [0, 0.05) is 18.6 Å². The molecule has 0 aromatic heterocycles. The molecule has 2 nitrogen and oxygen atoms in total. The third kappa shape index (κ3) is 2.78. The minimum Gasteiger partial charge on any atom is -0.329 e. The lowest BCUT2D eigenvalue weighted by molar-refractivity contribution is 0.0892. The largest absolute Gasteiger partial charge is 0.329 e.